The van der Waals surface area contributed by atoms with Gasteiger partial charge in [0.05, 0.1) is 6.61 Å². The molecule has 2 N–H and O–H groups in total. The van der Waals surface area contributed by atoms with E-state index in [1.54, 1.807) is 6.07 Å². The largest absolute Gasteiger partial charge is 0.478 e. The van der Waals surface area contributed by atoms with E-state index in [-0.39, 0.29) is 0 Å². The molecule has 16 heavy (non-hydrogen) atoms. The van der Waals surface area contributed by atoms with Gasteiger partial charge < -0.3 is 10.5 Å². The zero-order chi connectivity index (χ0) is 11.5. The van der Waals surface area contributed by atoms with E-state index in [4.69, 9.17) is 10.5 Å². The van der Waals surface area contributed by atoms with Crippen LogP contribution in [0.25, 0.3) is 0 Å². The molecule has 0 spiro atoms. The second kappa shape index (κ2) is 4.68. The summed E-state index contributed by atoms with van der Waals surface area (Å²) >= 11 is 0. The van der Waals surface area contributed by atoms with Crippen molar-refractivity contribution in [2.45, 2.75) is 39.0 Å². The first kappa shape index (κ1) is 11.2. The molecule has 0 atom stereocenters. The van der Waals surface area contributed by atoms with Gasteiger partial charge >= 0.3 is 0 Å². The SMILES string of the molecule is CC(C)CCOc1cc(N)nc(C2CC2)n1. The third kappa shape index (κ3) is 3.08. The summed E-state index contributed by atoms with van der Waals surface area (Å²) < 4.78 is 5.59. The molecule has 0 unspecified atom stereocenters. The number of nitrogens with zero attached hydrogens (tertiary/aromatic N) is 2. The molecule has 1 saturated carbocycles. The van der Waals surface area contributed by atoms with Crippen LogP contribution in [0.3, 0.4) is 0 Å². The van der Waals surface area contributed by atoms with Crippen molar-refractivity contribution in [1.29, 1.82) is 0 Å². The Morgan fingerprint density at radius 2 is 2.19 bits per heavy atom. The smallest absolute Gasteiger partial charge is 0.218 e. The van der Waals surface area contributed by atoms with E-state index in [1.165, 1.54) is 12.8 Å². The number of hydrogen-bond acceptors (Lipinski definition) is 4. The minimum absolute atomic E-state index is 0.510. The third-order valence-electron chi connectivity index (χ3n) is 2.63. The summed E-state index contributed by atoms with van der Waals surface area (Å²) in [4.78, 5) is 8.60. The molecule has 4 heteroatoms. The van der Waals surface area contributed by atoms with Crippen LogP contribution in [-0.2, 0) is 0 Å². The first-order chi connectivity index (χ1) is 7.65. The zero-order valence-electron chi connectivity index (χ0n) is 9.94. The summed E-state index contributed by atoms with van der Waals surface area (Å²) in [6.45, 7) is 5.04. The van der Waals surface area contributed by atoms with E-state index in [1.807, 2.05) is 0 Å². The summed E-state index contributed by atoms with van der Waals surface area (Å²) in [5, 5.41) is 0. The quantitative estimate of drug-likeness (QED) is 0.829. The Hall–Kier alpha value is -1.32. The highest BCUT2D eigenvalue weighted by molar-refractivity contribution is 5.34. The van der Waals surface area contributed by atoms with Crippen molar-refractivity contribution in [3.63, 3.8) is 0 Å². The van der Waals surface area contributed by atoms with E-state index in [2.05, 4.69) is 23.8 Å². The lowest BCUT2D eigenvalue weighted by molar-refractivity contribution is 0.278. The average molecular weight is 221 g/mol. The highest BCUT2D eigenvalue weighted by atomic mass is 16.5. The molecular weight excluding hydrogens is 202 g/mol. The summed E-state index contributed by atoms with van der Waals surface area (Å²) in [6.07, 6.45) is 3.38. The maximum absolute atomic E-state index is 5.73. The van der Waals surface area contributed by atoms with Crippen molar-refractivity contribution in [1.82, 2.24) is 9.97 Å². The van der Waals surface area contributed by atoms with Gasteiger partial charge in [-0.15, -0.1) is 0 Å². The highest BCUT2D eigenvalue weighted by Gasteiger charge is 2.27. The topological polar surface area (TPSA) is 61.0 Å². The molecule has 1 aromatic heterocycles. The second-order valence-corrected chi connectivity index (χ2v) is 4.79. The Morgan fingerprint density at radius 3 is 2.81 bits per heavy atom. The van der Waals surface area contributed by atoms with Crippen LogP contribution in [0, 0.1) is 5.92 Å². The fraction of sp³-hybridized carbons (Fsp3) is 0.667. The minimum Gasteiger partial charge on any atom is -0.478 e. The molecule has 0 aliphatic heterocycles. The normalized spacial score (nSPS) is 15.4. The molecular formula is C12H19N3O. The summed E-state index contributed by atoms with van der Waals surface area (Å²) in [5.74, 6) is 3.13. The van der Waals surface area contributed by atoms with Gasteiger partial charge in [-0.2, -0.15) is 4.98 Å². The first-order valence-corrected chi connectivity index (χ1v) is 5.92. The molecule has 0 bridgehead atoms. The van der Waals surface area contributed by atoms with Gasteiger partial charge in [0.2, 0.25) is 5.88 Å². The molecule has 0 aromatic carbocycles. The van der Waals surface area contributed by atoms with Crippen LogP contribution in [0.1, 0.15) is 44.9 Å². The van der Waals surface area contributed by atoms with E-state index in [9.17, 15) is 0 Å². The third-order valence-corrected chi connectivity index (χ3v) is 2.63. The summed E-state index contributed by atoms with van der Waals surface area (Å²) in [6, 6.07) is 1.70. The molecule has 1 aliphatic rings. The Morgan fingerprint density at radius 1 is 1.44 bits per heavy atom. The van der Waals surface area contributed by atoms with Crippen LogP contribution < -0.4 is 10.5 Å². The first-order valence-electron chi connectivity index (χ1n) is 5.92. The van der Waals surface area contributed by atoms with Crippen molar-refractivity contribution >= 4 is 5.82 Å². The van der Waals surface area contributed by atoms with Crippen molar-refractivity contribution in [2.75, 3.05) is 12.3 Å². The van der Waals surface area contributed by atoms with Crippen molar-refractivity contribution in [2.24, 2.45) is 5.92 Å². The molecule has 0 radical (unpaired) electrons. The van der Waals surface area contributed by atoms with E-state index in [0.29, 0.717) is 30.1 Å². The fourth-order valence-corrected chi connectivity index (χ4v) is 1.46. The van der Waals surface area contributed by atoms with Crippen molar-refractivity contribution < 1.29 is 4.74 Å². The Balaban J connectivity index is 1.97. The molecule has 1 fully saturated rings. The Labute approximate surface area is 96.2 Å². The van der Waals surface area contributed by atoms with Crippen LogP contribution in [0.5, 0.6) is 5.88 Å². The zero-order valence-corrected chi connectivity index (χ0v) is 9.94. The lowest BCUT2D eigenvalue weighted by Crippen LogP contribution is -2.06. The lowest BCUT2D eigenvalue weighted by atomic mass is 10.1. The number of hydrogen-bond donors (Lipinski definition) is 1. The van der Waals surface area contributed by atoms with Gasteiger partial charge in [-0.3, -0.25) is 0 Å². The van der Waals surface area contributed by atoms with Gasteiger partial charge in [0, 0.05) is 12.0 Å². The molecule has 1 heterocycles. The maximum atomic E-state index is 5.73. The average Bonchev–Trinajstić information content (AvgIpc) is 2.99. The minimum atomic E-state index is 0.510. The molecule has 1 aliphatic carbocycles. The predicted octanol–water partition coefficient (Wildman–Crippen LogP) is 2.36. The standard InChI is InChI=1S/C12H19N3O/c1-8(2)5-6-16-11-7-10(13)14-12(15-11)9-3-4-9/h7-9H,3-6H2,1-2H3,(H2,13,14,15). The van der Waals surface area contributed by atoms with Gasteiger partial charge in [0.15, 0.2) is 0 Å². The van der Waals surface area contributed by atoms with Crippen LogP contribution in [0.2, 0.25) is 0 Å². The molecule has 2 rings (SSSR count). The lowest BCUT2D eigenvalue weighted by Gasteiger charge is -2.08. The van der Waals surface area contributed by atoms with Crippen molar-refractivity contribution in [3.05, 3.63) is 11.9 Å². The van der Waals surface area contributed by atoms with E-state index in [0.717, 1.165) is 12.2 Å². The number of nitrogens with two attached hydrogens (primary N) is 1. The number of anilines is 1. The molecule has 88 valence electrons. The van der Waals surface area contributed by atoms with Crippen molar-refractivity contribution in [3.8, 4) is 5.88 Å². The van der Waals surface area contributed by atoms with Gasteiger partial charge in [0.1, 0.15) is 11.6 Å². The number of nitrogen functional groups attached to an aromatic ring is 1. The number of rotatable bonds is 5. The maximum Gasteiger partial charge on any atom is 0.218 e. The monoisotopic (exact) mass is 221 g/mol. The Kier molecular flexibility index (Phi) is 3.27. The van der Waals surface area contributed by atoms with Crippen LogP contribution in [-0.4, -0.2) is 16.6 Å². The van der Waals surface area contributed by atoms with Crippen LogP contribution in [0.15, 0.2) is 6.07 Å². The van der Waals surface area contributed by atoms with E-state index < -0.39 is 0 Å². The fourth-order valence-electron chi connectivity index (χ4n) is 1.46. The van der Waals surface area contributed by atoms with Crippen LogP contribution in [0.4, 0.5) is 5.82 Å². The summed E-state index contributed by atoms with van der Waals surface area (Å²) in [7, 11) is 0. The van der Waals surface area contributed by atoms with Crippen LogP contribution >= 0.6 is 0 Å². The van der Waals surface area contributed by atoms with Gasteiger partial charge in [-0.25, -0.2) is 4.98 Å². The highest BCUT2D eigenvalue weighted by Crippen LogP contribution is 2.38. The number of aromatic nitrogens is 2. The van der Waals surface area contributed by atoms with Gasteiger partial charge in [-0.05, 0) is 25.2 Å². The van der Waals surface area contributed by atoms with E-state index >= 15 is 0 Å². The molecule has 0 amide bonds. The molecule has 1 aromatic rings. The second-order valence-electron chi connectivity index (χ2n) is 4.79. The number of ether oxygens (including phenoxy) is 1. The Bertz CT molecular complexity index is 361. The summed E-state index contributed by atoms with van der Waals surface area (Å²) in [5.41, 5.74) is 5.73. The molecule has 4 nitrogen and oxygen atoms in total. The van der Waals surface area contributed by atoms with Gasteiger partial charge in [-0.1, -0.05) is 13.8 Å². The van der Waals surface area contributed by atoms with Gasteiger partial charge in [0.25, 0.3) is 0 Å². The predicted molar refractivity (Wildman–Crippen MR) is 63.4 cm³/mol. The molecule has 0 saturated heterocycles.